The fraction of sp³-hybridized carbons (Fsp3) is 0.688. The van der Waals surface area contributed by atoms with Gasteiger partial charge in [0.25, 0.3) is 0 Å². The zero-order valence-corrected chi connectivity index (χ0v) is 11.9. The molecule has 0 atom stereocenters. The number of hydrogen-bond acceptors (Lipinski definition) is 2. The maximum atomic E-state index is 11.6. The van der Waals surface area contributed by atoms with Crippen LogP contribution >= 0.6 is 0 Å². The molecule has 1 aliphatic carbocycles. The number of rotatable bonds is 7. The van der Waals surface area contributed by atoms with E-state index in [2.05, 4.69) is 19.1 Å². The lowest BCUT2D eigenvalue weighted by molar-refractivity contribution is -0.146. The summed E-state index contributed by atoms with van der Waals surface area (Å²) >= 11 is 0. The standard InChI is InChI=1S/C16H26O2/c1-4-5-6-7-8-9-14-10-12-16(2,13-11-14)15(17)18-3/h10-14H,4-9H2,1-3H3. The zero-order chi connectivity index (χ0) is 13.4. The minimum absolute atomic E-state index is 0.184. The van der Waals surface area contributed by atoms with Crippen molar-refractivity contribution in [1.29, 1.82) is 0 Å². The van der Waals surface area contributed by atoms with Crippen LogP contribution in [0.5, 0.6) is 0 Å². The number of carbonyl (C=O) groups is 1. The fourth-order valence-corrected chi connectivity index (χ4v) is 2.30. The highest BCUT2D eigenvalue weighted by molar-refractivity contribution is 5.81. The summed E-state index contributed by atoms with van der Waals surface area (Å²) in [5.41, 5.74) is -0.562. The van der Waals surface area contributed by atoms with Gasteiger partial charge in [-0.1, -0.05) is 63.3 Å². The second-order valence-electron chi connectivity index (χ2n) is 5.36. The average Bonchev–Trinajstić information content (AvgIpc) is 2.40. The van der Waals surface area contributed by atoms with Gasteiger partial charge in [-0.05, 0) is 19.3 Å². The number of unbranched alkanes of at least 4 members (excludes halogenated alkanes) is 4. The Balaban J connectivity index is 2.31. The maximum Gasteiger partial charge on any atom is 0.319 e. The lowest BCUT2D eigenvalue weighted by Crippen LogP contribution is -2.26. The van der Waals surface area contributed by atoms with E-state index >= 15 is 0 Å². The van der Waals surface area contributed by atoms with Gasteiger partial charge in [0.1, 0.15) is 5.41 Å². The number of methoxy groups -OCH3 is 1. The van der Waals surface area contributed by atoms with Gasteiger partial charge >= 0.3 is 5.97 Å². The SMILES string of the molecule is CCCCCCCC1C=CC(C)(C(=O)OC)C=C1. The minimum Gasteiger partial charge on any atom is -0.468 e. The second-order valence-corrected chi connectivity index (χ2v) is 5.36. The minimum atomic E-state index is -0.562. The van der Waals surface area contributed by atoms with E-state index < -0.39 is 5.41 Å². The summed E-state index contributed by atoms with van der Waals surface area (Å²) in [6.07, 6.45) is 16.0. The number of ether oxygens (including phenoxy) is 1. The molecule has 0 radical (unpaired) electrons. The molecule has 0 fully saturated rings. The predicted molar refractivity (Wildman–Crippen MR) is 75.3 cm³/mol. The van der Waals surface area contributed by atoms with E-state index in [4.69, 9.17) is 4.74 Å². The molecule has 1 rings (SSSR count). The third-order valence-electron chi connectivity index (χ3n) is 3.65. The molecule has 0 spiro atoms. The van der Waals surface area contributed by atoms with Crippen LogP contribution in [0.2, 0.25) is 0 Å². The van der Waals surface area contributed by atoms with Gasteiger partial charge in [0.15, 0.2) is 0 Å². The molecule has 0 saturated heterocycles. The van der Waals surface area contributed by atoms with Crippen molar-refractivity contribution in [2.45, 2.75) is 52.4 Å². The Morgan fingerprint density at radius 2 is 1.78 bits per heavy atom. The van der Waals surface area contributed by atoms with Gasteiger partial charge < -0.3 is 4.74 Å². The number of carbonyl (C=O) groups excluding carboxylic acids is 1. The first-order valence-electron chi connectivity index (χ1n) is 7.09. The van der Waals surface area contributed by atoms with Crippen molar-refractivity contribution in [1.82, 2.24) is 0 Å². The summed E-state index contributed by atoms with van der Waals surface area (Å²) in [7, 11) is 1.44. The van der Waals surface area contributed by atoms with Crippen LogP contribution in [0.4, 0.5) is 0 Å². The van der Waals surface area contributed by atoms with Crippen LogP contribution < -0.4 is 0 Å². The smallest absolute Gasteiger partial charge is 0.319 e. The van der Waals surface area contributed by atoms with E-state index in [1.165, 1.54) is 45.6 Å². The van der Waals surface area contributed by atoms with E-state index in [1.807, 2.05) is 19.1 Å². The summed E-state index contributed by atoms with van der Waals surface area (Å²) < 4.78 is 4.81. The first-order valence-corrected chi connectivity index (χ1v) is 7.09. The van der Waals surface area contributed by atoms with Gasteiger partial charge in [0.2, 0.25) is 0 Å². The van der Waals surface area contributed by atoms with Crippen LogP contribution in [0.3, 0.4) is 0 Å². The average molecular weight is 250 g/mol. The zero-order valence-electron chi connectivity index (χ0n) is 11.9. The van der Waals surface area contributed by atoms with Crippen LogP contribution in [-0.2, 0) is 9.53 Å². The molecule has 0 aliphatic heterocycles. The van der Waals surface area contributed by atoms with Crippen LogP contribution in [0.15, 0.2) is 24.3 Å². The molecule has 2 nitrogen and oxygen atoms in total. The van der Waals surface area contributed by atoms with Crippen molar-refractivity contribution in [3.8, 4) is 0 Å². The lowest BCUT2D eigenvalue weighted by atomic mass is 9.82. The largest absolute Gasteiger partial charge is 0.468 e. The highest BCUT2D eigenvalue weighted by Crippen LogP contribution is 2.30. The molecule has 102 valence electrons. The van der Waals surface area contributed by atoms with Crippen LogP contribution in [0.1, 0.15) is 52.4 Å². The molecule has 0 N–H and O–H groups in total. The van der Waals surface area contributed by atoms with E-state index in [0.29, 0.717) is 5.92 Å². The number of esters is 1. The molecule has 0 amide bonds. The van der Waals surface area contributed by atoms with E-state index in [1.54, 1.807) is 0 Å². The Labute approximate surface area is 111 Å². The molecular weight excluding hydrogens is 224 g/mol. The van der Waals surface area contributed by atoms with Crippen LogP contribution in [-0.4, -0.2) is 13.1 Å². The van der Waals surface area contributed by atoms with E-state index in [0.717, 1.165) is 0 Å². The molecule has 18 heavy (non-hydrogen) atoms. The van der Waals surface area contributed by atoms with Gasteiger partial charge in [-0.2, -0.15) is 0 Å². The predicted octanol–water partition coefficient (Wildman–Crippen LogP) is 4.27. The topological polar surface area (TPSA) is 26.3 Å². The van der Waals surface area contributed by atoms with Crippen LogP contribution in [0.25, 0.3) is 0 Å². The highest BCUT2D eigenvalue weighted by Gasteiger charge is 2.30. The summed E-state index contributed by atoms with van der Waals surface area (Å²) in [6.45, 7) is 4.13. The molecule has 1 aliphatic rings. The fourth-order valence-electron chi connectivity index (χ4n) is 2.30. The lowest BCUT2D eigenvalue weighted by Gasteiger charge is -2.24. The molecule has 0 aromatic heterocycles. The molecule has 0 saturated carbocycles. The number of allylic oxidation sites excluding steroid dienone is 2. The van der Waals surface area contributed by atoms with Crippen molar-refractivity contribution in [2.75, 3.05) is 7.11 Å². The maximum absolute atomic E-state index is 11.6. The third-order valence-corrected chi connectivity index (χ3v) is 3.65. The Morgan fingerprint density at radius 1 is 1.17 bits per heavy atom. The van der Waals surface area contributed by atoms with Gasteiger partial charge in [0.05, 0.1) is 7.11 Å². The summed E-state index contributed by atoms with van der Waals surface area (Å²) in [4.78, 5) is 11.6. The number of hydrogen-bond donors (Lipinski definition) is 0. The quantitative estimate of drug-likeness (QED) is 0.383. The van der Waals surface area contributed by atoms with Crippen molar-refractivity contribution in [2.24, 2.45) is 11.3 Å². The molecule has 0 heterocycles. The first-order chi connectivity index (χ1) is 8.62. The summed E-state index contributed by atoms with van der Waals surface area (Å²) in [5, 5.41) is 0. The Bertz CT molecular complexity index is 301. The van der Waals surface area contributed by atoms with Crippen LogP contribution in [0, 0.1) is 11.3 Å². The Hall–Kier alpha value is -1.05. The molecular formula is C16H26O2. The van der Waals surface area contributed by atoms with Crippen molar-refractivity contribution in [3.63, 3.8) is 0 Å². The van der Waals surface area contributed by atoms with Crippen molar-refractivity contribution in [3.05, 3.63) is 24.3 Å². The highest BCUT2D eigenvalue weighted by atomic mass is 16.5. The molecule has 2 heteroatoms. The van der Waals surface area contributed by atoms with Gasteiger partial charge in [0, 0.05) is 0 Å². The van der Waals surface area contributed by atoms with Gasteiger partial charge in [-0.25, -0.2) is 0 Å². The van der Waals surface area contributed by atoms with Gasteiger partial charge in [-0.15, -0.1) is 0 Å². The van der Waals surface area contributed by atoms with E-state index in [9.17, 15) is 4.79 Å². The molecule has 0 bridgehead atoms. The summed E-state index contributed by atoms with van der Waals surface area (Å²) in [6, 6.07) is 0. The molecule has 0 unspecified atom stereocenters. The Morgan fingerprint density at radius 3 is 2.33 bits per heavy atom. The monoisotopic (exact) mass is 250 g/mol. The normalized spacial score (nSPS) is 26.3. The van der Waals surface area contributed by atoms with Crippen molar-refractivity contribution >= 4 is 5.97 Å². The van der Waals surface area contributed by atoms with Gasteiger partial charge in [-0.3, -0.25) is 4.79 Å². The third kappa shape index (κ3) is 4.32. The van der Waals surface area contributed by atoms with Crippen molar-refractivity contribution < 1.29 is 9.53 Å². The summed E-state index contributed by atoms with van der Waals surface area (Å²) in [5.74, 6) is 0.306. The molecule has 0 aromatic rings. The Kier molecular flexibility index (Phi) is 6.17. The first kappa shape index (κ1) is 15.0. The molecule has 0 aromatic carbocycles. The van der Waals surface area contributed by atoms with E-state index in [-0.39, 0.29) is 5.97 Å². The second kappa shape index (κ2) is 7.40.